The molecule has 1 rings (SSSR count). The van der Waals surface area contributed by atoms with Crippen LogP contribution in [0.5, 0.6) is 5.75 Å². The molecule has 5 heteroatoms. The van der Waals surface area contributed by atoms with Gasteiger partial charge in [-0.3, -0.25) is 0 Å². The van der Waals surface area contributed by atoms with Crippen molar-refractivity contribution in [3.63, 3.8) is 0 Å². The summed E-state index contributed by atoms with van der Waals surface area (Å²) in [4.78, 5) is 11.5. The molecule has 5 nitrogen and oxygen atoms in total. The number of anilines is 1. The number of carbonyl (C=O) groups excluding carboxylic acids is 1. The molecule has 0 bridgehead atoms. The van der Waals surface area contributed by atoms with Crippen LogP contribution in [0.4, 0.5) is 10.5 Å². The van der Waals surface area contributed by atoms with E-state index in [9.17, 15) is 4.79 Å². The Hall–Kier alpha value is -1.75. The number of hydrogen-bond donors (Lipinski definition) is 2. The molecule has 2 amide bonds. The molecule has 0 spiro atoms. The summed E-state index contributed by atoms with van der Waals surface area (Å²) >= 11 is 0. The molecule has 0 saturated carbocycles. The molecule has 2 N–H and O–H groups in total. The zero-order chi connectivity index (χ0) is 12.7. The Balaban J connectivity index is 2.44. The van der Waals surface area contributed by atoms with Crippen LogP contribution in [-0.2, 0) is 4.74 Å². The lowest BCUT2D eigenvalue weighted by molar-refractivity contribution is 0.173. The lowest BCUT2D eigenvalue weighted by Gasteiger charge is -2.13. The highest BCUT2D eigenvalue weighted by Crippen LogP contribution is 2.14. The lowest BCUT2D eigenvalue weighted by atomic mass is 10.3. The number of urea groups is 1. The van der Waals surface area contributed by atoms with Gasteiger partial charge < -0.3 is 20.1 Å². The van der Waals surface area contributed by atoms with Gasteiger partial charge in [-0.25, -0.2) is 4.79 Å². The highest BCUT2D eigenvalue weighted by molar-refractivity contribution is 5.89. The fraction of sp³-hybridized carbons (Fsp3) is 0.417. The molecule has 1 unspecified atom stereocenters. The molecule has 1 aromatic carbocycles. The lowest BCUT2D eigenvalue weighted by Crippen LogP contribution is -2.38. The molecule has 94 valence electrons. The van der Waals surface area contributed by atoms with E-state index in [1.165, 1.54) is 0 Å². The SMILES string of the molecule is COCC(C)NC(=O)Nc1ccc(OC)cc1. The second-order valence-corrected chi connectivity index (χ2v) is 3.68. The van der Waals surface area contributed by atoms with Crippen molar-refractivity contribution in [1.82, 2.24) is 5.32 Å². The normalized spacial score (nSPS) is 11.7. The van der Waals surface area contributed by atoms with Gasteiger partial charge in [0.2, 0.25) is 0 Å². The van der Waals surface area contributed by atoms with Gasteiger partial charge in [0.25, 0.3) is 0 Å². The van der Waals surface area contributed by atoms with Crippen LogP contribution in [-0.4, -0.2) is 32.9 Å². The standard InChI is InChI=1S/C12H18N2O3/c1-9(8-16-2)13-12(15)14-10-4-6-11(17-3)7-5-10/h4-7,9H,8H2,1-3H3,(H2,13,14,15). The molecule has 0 aliphatic rings. The summed E-state index contributed by atoms with van der Waals surface area (Å²) in [6.07, 6.45) is 0. The van der Waals surface area contributed by atoms with E-state index in [2.05, 4.69) is 10.6 Å². The molecule has 0 heterocycles. The molecular formula is C12H18N2O3. The van der Waals surface area contributed by atoms with Gasteiger partial charge in [-0.15, -0.1) is 0 Å². The predicted octanol–water partition coefficient (Wildman–Crippen LogP) is 1.85. The van der Waals surface area contributed by atoms with Crippen molar-refractivity contribution in [3.05, 3.63) is 24.3 Å². The molecule has 0 radical (unpaired) electrons. The third kappa shape index (κ3) is 4.74. The first-order valence-corrected chi connectivity index (χ1v) is 5.36. The summed E-state index contributed by atoms with van der Waals surface area (Å²) in [7, 11) is 3.20. The van der Waals surface area contributed by atoms with E-state index in [0.29, 0.717) is 12.3 Å². The van der Waals surface area contributed by atoms with Crippen LogP contribution in [0.1, 0.15) is 6.92 Å². The maximum atomic E-state index is 11.5. The monoisotopic (exact) mass is 238 g/mol. The summed E-state index contributed by atoms with van der Waals surface area (Å²) in [5.41, 5.74) is 0.716. The topological polar surface area (TPSA) is 59.6 Å². The second kappa shape index (κ2) is 6.75. The molecule has 1 aromatic rings. The van der Waals surface area contributed by atoms with E-state index in [4.69, 9.17) is 9.47 Å². The number of nitrogens with one attached hydrogen (secondary N) is 2. The third-order valence-corrected chi connectivity index (χ3v) is 2.14. The Morgan fingerprint density at radius 1 is 1.29 bits per heavy atom. The molecule has 17 heavy (non-hydrogen) atoms. The first-order valence-electron chi connectivity index (χ1n) is 5.36. The average Bonchev–Trinajstić information content (AvgIpc) is 2.30. The fourth-order valence-electron chi connectivity index (χ4n) is 1.36. The van der Waals surface area contributed by atoms with E-state index >= 15 is 0 Å². The van der Waals surface area contributed by atoms with Crippen molar-refractivity contribution < 1.29 is 14.3 Å². The van der Waals surface area contributed by atoms with Crippen LogP contribution in [0.25, 0.3) is 0 Å². The average molecular weight is 238 g/mol. The van der Waals surface area contributed by atoms with Gasteiger partial charge in [-0.1, -0.05) is 0 Å². The van der Waals surface area contributed by atoms with Crippen molar-refractivity contribution in [2.45, 2.75) is 13.0 Å². The molecule has 1 atom stereocenters. The van der Waals surface area contributed by atoms with Crippen LogP contribution >= 0.6 is 0 Å². The quantitative estimate of drug-likeness (QED) is 0.823. The van der Waals surface area contributed by atoms with E-state index in [0.717, 1.165) is 5.75 Å². The molecule has 0 fully saturated rings. The zero-order valence-electron chi connectivity index (χ0n) is 10.3. The molecular weight excluding hydrogens is 220 g/mol. The van der Waals surface area contributed by atoms with Crippen LogP contribution in [0, 0.1) is 0 Å². The molecule has 0 aliphatic carbocycles. The summed E-state index contributed by atoms with van der Waals surface area (Å²) in [5, 5.41) is 5.47. The summed E-state index contributed by atoms with van der Waals surface area (Å²) in [6.45, 7) is 2.35. The van der Waals surface area contributed by atoms with Crippen molar-refractivity contribution >= 4 is 11.7 Å². The molecule has 0 aliphatic heterocycles. The number of benzene rings is 1. The maximum absolute atomic E-state index is 11.5. The highest BCUT2D eigenvalue weighted by Gasteiger charge is 2.06. The van der Waals surface area contributed by atoms with Gasteiger partial charge in [-0.2, -0.15) is 0 Å². The third-order valence-electron chi connectivity index (χ3n) is 2.14. The smallest absolute Gasteiger partial charge is 0.319 e. The Labute approximate surface area is 101 Å². The minimum absolute atomic E-state index is 0.0294. The van der Waals surface area contributed by atoms with Gasteiger partial charge in [0.1, 0.15) is 5.75 Å². The summed E-state index contributed by atoms with van der Waals surface area (Å²) in [6, 6.07) is 6.85. The number of carbonyl (C=O) groups is 1. The van der Waals surface area contributed by atoms with Crippen LogP contribution in [0.2, 0.25) is 0 Å². The summed E-state index contributed by atoms with van der Waals surface area (Å²) in [5.74, 6) is 0.753. The van der Waals surface area contributed by atoms with E-state index < -0.39 is 0 Å². The van der Waals surface area contributed by atoms with Crippen LogP contribution in [0.3, 0.4) is 0 Å². The number of rotatable bonds is 5. The summed E-state index contributed by atoms with van der Waals surface area (Å²) < 4.78 is 9.95. The Kier molecular flexibility index (Phi) is 5.29. The number of hydrogen-bond acceptors (Lipinski definition) is 3. The second-order valence-electron chi connectivity index (χ2n) is 3.68. The van der Waals surface area contributed by atoms with Crippen molar-refractivity contribution in [3.8, 4) is 5.75 Å². The predicted molar refractivity (Wildman–Crippen MR) is 66.5 cm³/mol. The Morgan fingerprint density at radius 3 is 2.47 bits per heavy atom. The largest absolute Gasteiger partial charge is 0.497 e. The van der Waals surface area contributed by atoms with Gasteiger partial charge in [0.05, 0.1) is 19.8 Å². The van der Waals surface area contributed by atoms with Gasteiger partial charge in [0.15, 0.2) is 0 Å². The number of methoxy groups -OCH3 is 2. The van der Waals surface area contributed by atoms with Crippen molar-refractivity contribution in [1.29, 1.82) is 0 Å². The van der Waals surface area contributed by atoms with Crippen molar-refractivity contribution in [2.24, 2.45) is 0 Å². The van der Waals surface area contributed by atoms with E-state index in [1.807, 2.05) is 6.92 Å². The maximum Gasteiger partial charge on any atom is 0.319 e. The Morgan fingerprint density at radius 2 is 1.94 bits per heavy atom. The molecule has 0 saturated heterocycles. The zero-order valence-corrected chi connectivity index (χ0v) is 10.3. The highest BCUT2D eigenvalue weighted by atomic mass is 16.5. The van der Waals surface area contributed by atoms with Crippen molar-refractivity contribution in [2.75, 3.05) is 26.1 Å². The first-order chi connectivity index (χ1) is 8.15. The number of amides is 2. The van der Waals surface area contributed by atoms with E-state index in [-0.39, 0.29) is 12.1 Å². The molecule has 0 aromatic heterocycles. The minimum Gasteiger partial charge on any atom is -0.497 e. The van der Waals surface area contributed by atoms with Crippen LogP contribution in [0.15, 0.2) is 24.3 Å². The minimum atomic E-state index is -0.250. The van der Waals surface area contributed by atoms with Crippen LogP contribution < -0.4 is 15.4 Å². The Bertz CT molecular complexity index is 351. The van der Waals surface area contributed by atoms with Gasteiger partial charge >= 0.3 is 6.03 Å². The number of ether oxygens (including phenoxy) is 2. The van der Waals surface area contributed by atoms with Gasteiger partial charge in [0, 0.05) is 12.8 Å². The first kappa shape index (κ1) is 13.3. The van der Waals surface area contributed by atoms with E-state index in [1.54, 1.807) is 38.5 Å². The van der Waals surface area contributed by atoms with Gasteiger partial charge in [-0.05, 0) is 31.2 Å². The fourth-order valence-corrected chi connectivity index (χ4v) is 1.36.